The number of carboxylic acids is 1. The molecular formula is C30H42N6O2. The first-order valence-corrected chi connectivity index (χ1v) is 15.0. The Hall–Kier alpha value is -2.82. The van der Waals surface area contributed by atoms with Crippen LogP contribution in [0.2, 0.25) is 0 Å². The molecule has 0 bridgehead atoms. The number of piperidine rings is 1. The Labute approximate surface area is 226 Å². The number of aromatic nitrogens is 4. The zero-order valence-electron chi connectivity index (χ0n) is 22.7. The molecule has 3 heterocycles. The molecule has 1 saturated heterocycles. The van der Waals surface area contributed by atoms with Gasteiger partial charge in [0.25, 0.3) is 0 Å². The first-order chi connectivity index (χ1) is 18.5. The lowest BCUT2D eigenvalue weighted by atomic mass is 9.78. The van der Waals surface area contributed by atoms with E-state index in [0.717, 1.165) is 50.2 Å². The topological polar surface area (TPSA) is 96.2 Å². The maximum Gasteiger partial charge on any atom is 0.374 e. The van der Waals surface area contributed by atoms with Crippen LogP contribution in [0.5, 0.6) is 0 Å². The molecule has 3 aliphatic carbocycles. The van der Waals surface area contributed by atoms with Crippen LogP contribution in [0.15, 0.2) is 0 Å². The van der Waals surface area contributed by atoms with Crippen LogP contribution in [0.4, 0.5) is 11.8 Å². The molecule has 4 aliphatic rings. The Morgan fingerprint density at radius 1 is 1.03 bits per heavy atom. The highest BCUT2D eigenvalue weighted by atomic mass is 16.4. The standard InChI is InChI=1S/C30H42N6O2/c1-3-20-13-15-21(16-14-20)18-36-25-26(31-19(2)22-9-6-10-22)32-28(29(37)38)33-27(25)34-30(36)35-17-7-11-23-8-4-5-12-24(23)35/h1,19-24H,4-18H2,2H3,(H,37,38)(H,31,32,33)/t19-,20?,21?,23?,24?/m1/s1. The van der Waals surface area contributed by atoms with Gasteiger partial charge in [-0.05, 0) is 88.9 Å². The van der Waals surface area contributed by atoms with E-state index in [1.807, 2.05) is 0 Å². The van der Waals surface area contributed by atoms with Crippen LogP contribution in [0, 0.1) is 36.0 Å². The van der Waals surface area contributed by atoms with Crippen molar-refractivity contribution >= 4 is 28.9 Å². The van der Waals surface area contributed by atoms with Crippen LogP contribution in [0.25, 0.3) is 11.2 Å². The summed E-state index contributed by atoms with van der Waals surface area (Å²) in [5, 5.41) is 13.5. The average molecular weight is 519 g/mol. The maximum absolute atomic E-state index is 12.0. The summed E-state index contributed by atoms with van der Waals surface area (Å²) < 4.78 is 2.36. The number of nitrogens with zero attached hydrogens (tertiary/aromatic N) is 5. The van der Waals surface area contributed by atoms with E-state index in [0.29, 0.717) is 41.2 Å². The van der Waals surface area contributed by atoms with Crippen LogP contribution < -0.4 is 10.2 Å². The van der Waals surface area contributed by atoms with Crippen molar-refractivity contribution in [1.82, 2.24) is 19.5 Å². The Morgan fingerprint density at radius 2 is 1.79 bits per heavy atom. The van der Waals surface area contributed by atoms with Gasteiger partial charge in [-0.25, -0.2) is 14.8 Å². The lowest BCUT2D eigenvalue weighted by Gasteiger charge is -2.45. The second-order valence-electron chi connectivity index (χ2n) is 12.4. The SMILES string of the molecule is C#CC1CCC(Cn2c(N3CCCC4CCCCC43)nc3nc(C(=O)O)nc(N[C@H](C)C4CCC4)c32)CC1. The van der Waals surface area contributed by atoms with Gasteiger partial charge in [-0.3, -0.25) is 0 Å². The first kappa shape index (κ1) is 25.5. The number of carbonyl (C=O) groups is 1. The maximum atomic E-state index is 12.0. The molecule has 3 saturated carbocycles. The smallest absolute Gasteiger partial charge is 0.374 e. The van der Waals surface area contributed by atoms with Gasteiger partial charge < -0.3 is 19.9 Å². The van der Waals surface area contributed by atoms with E-state index in [-0.39, 0.29) is 11.9 Å². The lowest BCUT2D eigenvalue weighted by molar-refractivity contribution is 0.0684. The van der Waals surface area contributed by atoms with E-state index in [1.54, 1.807) is 0 Å². The molecule has 2 aromatic heterocycles. The van der Waals surface area contributed by atoms with Crippen LogP contribution >= 0.6 is 0 Å². The van der Waals surface area contributed by atoms with Gasteiger partial charge in [0.1, 0.15) is 5.52 Å². The van der Waals surface area contributed by atoms with Crippen molar-refractivity contribution in [2.45, 2.75) is 109 Å². The molecule has 3 atom stereocenters. The van der Waals surface area contributed by atoms with Gasteiger partial charge in [0.15, 0.2) is 11.5 Å². The minimum absolute atomic E-state index is 0.180. The summed E-state index contributed by atoms with van der Waals surface area (Å²) in [5.41, 5.74) is 1.37. The van der Waals surface area contributed by atoms with Crippen LogP contribution in [0.3, 0.4) is 0 Å². The number of hydrogen-bond donors (Lipinski definition) is 2. The zero-order chi connectivity index (χ0) is 26.2. The summed E-state index contributed by atoms with van der Waals surface area (Å²) >= 11 is 0. The zero-order valence-corrected chi connectivity index (χ0v) is 22.7. The minimum atomic E-state index is -1.11. The number of fused-ring (bicyclic) bond motifs is 2. The summed E-state index contributed by atoms with van der Waals surface area (Å²) in [6.07, 6.45) is 21.3. The van der Waals surface area contributed by atoms with Crippen molar-refractivity contribution in [2.75, 3.05) is 16.8 Å². The number of carboxylic acid groups (broad SMARTS) is 1. The molecule has 6 rings (SSSR count). The van der Waals surface area contributed by atoms with Crippen LogP contribution in [-0.2, 0) is 6.54 Å². The first-order valence-electron chi connectivity index (χ1n) is 15.0. The van der Waals surface area contributed by atoms with Crippen LogP contribution in [-0.4, -0.2) is 49.2 Å². The van der Waals surface area contributed by atoms with Crippen molar-refractivity contribution in [1.29, 1.82) is 0 Å². The van der Waals surface area contributed by atoms with Crippen LogP contribution in [0.1, 0.15) is 101 Å². The predicted octanol–water partition coefficient (Wildman–Crippen LogP) is 5.72. The number of imidazole rings is 1. The highest BCUT2D eigenvalue weighted by Crippen LogP contribution is 2.41. The summed E-state index contributed by atoms with van der Waals surface area (Å²) in [6, 6.07) is 0.724. The number of anilines is 2. The van der Waals surface area contributed by atoms with Gasteiger partial charge >= 0.3 is 5.97 Å². The van der Waals surface area contributed by atoms with Crippen molar-refractivity contribution in [3.63, 3.8) is 0 Å². The van der Waals surface area contributed by atoms with Crippen molar-refractivity contribution in [3.05, 3.63) is 5.82 Å². The molecule has 8 nitrogen and oxygen atoms in total. The molecule has 1 aliphatic heterocycles. The second-order valence-corrected chi connectivity index (χ2v) is 12.4. The molecule has 4 fully saturated rings. The number of nitrogens with one attached hydrogen (secondary N) is 1. The fourth-order valence-corrected chi connectivity index (χ4v) is 7.53. The van der Waals surface area contributed by atoms with Gasteiger partial charge in [0.05, 0.1) is 0 Å². The van der Waals surface area contributed by atoms with Gasteiger partial charge in [-0.2, -0.15) is 4.98 Å². The van der Waals surface area contributed by atoms with E-state index in [2.05, 4.69) is 37.6 Å². The molecule has 2 aromatic rings. The van der Waals surface area contributed by atoms with E-state index >= 15 is 0 Å². The molecule has 38 heavy (non-hydrogen) atoms. The third-order valence-electron chi connectivity index (χ3n) is 10.0. The van der Waals surface area contributed by atoms with Gasteiger partial charge in [0.2, 0.25) is 11.8 Å². The molecule has 2 N–H and O–H groups in total. The van der Waals surface area contributed by atoms with Gasteiger partial charge in [0, 0.05) is 31.1 Å². The predicted molar refractivity (Wildman–Crippen MR) is 149 cm³/mol. The highest BCUT2D eigenvalue weighted by Gasteiger charge is 2.37. The molecule has 0 aromatic carbocycles. The molecular weight excluding hydrogens is 476 g/mol. The van der Waals surface area contributed by atoms with Crippen molar-refractivity contribution in [3.8, 4) is 12.3 Å². The third kappa shape index (κ3) is 4.85. The summed E-state index contributed by atoms with van der Waals surface area (Å²) in [5.74, 6) is 5.47. The Bertz CT molecular complexity index is 1200. The quantitative estimate of drug-likeness (QED) is 0.452. The molecule has 204 valence electrons. The number of terminal acetylenes is 1. The Kier molecular flexibility index (Phi) is 7.20. The van der Waals surface area contributed by atoms with Gasteiger partial charge in [-0.15, -0.1) is 12.3 Å². The van der Waals surface area contributed by atoms with E-state index < -0.39 is 5.97 Å². The summed E-state index contributed by atoms with van der Waals surface area (Å²) in [6.45, 7) is 4.03. The number of aromatic carboxylic acids is 1. The van der Waals surface area contributed by atoms with Crippen molar-refractivity contribution < 1.29 is 9.90 Å². The lowest BCUT2D eigenvalue weighted by Crippen LogP contribution is -2.48. The van der Waals surface area contributed by atoms with E-state index in [1.165, 1.54) is 57.8 Å². The summed E-state index contributed by atoms with van der Waals surface area (Å²) in [7, 11) is 0. The number of hydrogen-bond acceptors (Lipinski definition) is 6. The summed E-state index contributed by atoms with van der Waals surface area (Å²) in [4.78, 5) is 28.7. The number of rotatable bonds is 7. The third-order valence-corrected chi connectivity index (χ3v) is 10.0. The highest BCUT2D eigenvalue weighted by molar-refractivity contribution is 5.91. The largest absolute Gasteiger partial charge is 0.475 e. The minimum Gasteiger partial charge on any atom is -0.475 e. The molecule has 0 amide bonds. The monoisotopic (exact) mass is 518 g/mol. The average Bonchev–Trinajstić information content (AvgIpc) is 3.25. The van der Waals surface area contributed by atoms with E-state index in [4.69, 9.17) is 11.4 Å². The fourth-order valence-electron chi connectivity index (χ4n) is 7.53. The normalized spacial score (nSPS) is 28.8. The van der Waals surface area contributed by atoms with E-state index in [9.17, 15) is 9.90 Å². The molecule has 0 spiro atoms. The molecule has 0 radical (unpaired) electrons. The van der Waals surface area contributed by atoms with Gasteiger partial charge in [-0.1, -0.05) is 19.3 Å². The molecule has 2 unspecified atom stereocenters. The Morgan fingerprint density at radius 3 is 2.50 bits per heavy atom. The second kappa shape index (κ2) is 10.7. The van der Waals surface area contributed by atoms with Crippen molar-refractivity contribution in [2.24, 2.45) is 23.7 Å². The Balaban J connectivity index is 1.44. The molecule has 8 heteroatoms. The fraction of sp³-hybridized carbons (Fsp3) is 0.733.